The Kier molecular flexibility index (Phi) is 2.83. The normalized spacial score (nSPS) is 18.1. The van der Waals surface area contributed by atoms with Crippen LogP contribution in [-0.4, -0.2) is 6.10 Å². The van der Waals surface area contributed by atoms with Crippen molar-refractivity contribution in [2.45, 2.75) is 51.7 Å². The summed E-state index contributed by atoms with van der Waals surface area (Å²) in [6, 6.07) is 8.69. The van der Waals surface area contributed by atoms with Crippen LogP contribution >= 0.6 is 0 Å². The maximum Gasteiger partial charge on any atom is 0.0939 e. The van der Waals surface area contributed by atoms with Gasteiger partial charge in [0.2, 0.25) is 0 Å². The second-order valence-electron chi connectivity index (χ2n) is 4.67. The van der Waals surface area contributed by atoms with Gasteiger partial charge in [-0.15, -0.1) is 0 Å². The molecule has 0 saturated heterocycles. The van der Waals surface area contributed by atoms with Crippen LogP contribution in [0.3, 0.4) is 0 Å². The molecule has 1 aromatic carbocycles. The van der Waals surface area contributed by atoms with Crippen molar-refractivity contribution in [1.29, 1.82) is 0 Å². The van der Waals surface area contributed by atoms with E-state index in [-0.39, 0.29) is 5.60 Å². The fraction of sp³-hybridized carbons (Fsp3) is 0.571. The Balaban J connectivity index is 2.28. The molecular weight excluding hydrogens is 184 g/mol. The Labute approximate surface area is 92.5 Å². The summed E-state index contributed by atoms with van der Waals surface area (Å²) in [5.74, 6) is 0. The first-order valence-electron chi connectivity index (χ1n) is 5.94. The van der Waals surface area contributed by atoms with Crippen LogP contribution in [0.2, 0.25) is 0 Å². The fourth-order valence-electron chi connectivity index (χ4n) is 2.29. The third-order valence-electron chi connectivity index (χ3n) is 3.05. The molecule has 0 N–H and O–H groups in total. The third-order valence-corrected chi connectivity index (χ3v) is 3.05. The van der Waals surface area contributed by atoms with Gasteiger partial charge in [-0.05, 0) is 44.2 Å². The molecule has 1 heteroatoms. The Bertz CT molecular complexity index is 337. The van der Waals surface area contributed by atoms with Crippen LogP contribution in [0.1, 0.15) is 44.7 Å². The lowest BCUT2D eigenvalue weighted by Gasteiger charge is -2.22. The number of hydrogen-bond acceptors (Lipinski definition) is 1. The lowest BCUT2D eigenvalue weighted by Crippen LogP contribution is -2.18. The molecule has 0 spiro atoms. The van der Waals surface area contributed by atoms with Gasteiger partial charge in [0.1, 0.15) is 0 Å². The number of benzene rings is 1. The zero-order valence-electron chi connectivity index (χ0n) is 9.92. The van der Waals surface area contributed by atoms with Crippen LogP contribution in [0.25, 0.3) is 0 Å². The average Bonchev–Trinajstić information content (AvgIpc) is 2.98. The minimum atomic E-state index is 0.0563. The van der Waals surface area contributed by atoms with Gasteiger partial charge in [0, 0.05) is 0 Å². The van der Waals surface area contributed by atoms with Crippen molar-refractivity contribution in [1.82, 2.24) is 0 Å². The van der Waals surface area contributed by atoms with Crippen LogP contribution in [-0.2, 0) is 16.8 Å². The zero-order valence-corrected chi connectivity index (χ0v) is 9.92. The van der Waals surface area contributed by atoms with Gasteiger partial charge >= 0.3 is 0 Å². The minimum Gasteiger partial charge on any atom is -0.368 e. The first-order chi connectivity index (χ1) is 7.18. The lowest BCUT2D eigenvalue weighted by molar-refractivity contribution is -0.0147. The van der Waals surface area contributed by atoms with Crippen LogP contribution < -0.4 is 0 Å². The highest BCUT2D eigenvalue weighted by atomic mass is 16.5. The van der Waals surface area contributed by atoms with E-state index in [1.165, 1.54) is 24.0 Å². The monoisotopic (exact) mass is 204 g/mol. The number of aryl methyl sites for hydroxylation is 1. The second-order valence-corrected chi connectivity index (χ2v) is 4.67. The van der Waals surface area contributed by atoms with E-state index < -0.39 is 0 Å². The molecule has 0 unspecified atom stereocenters. The smallest absolute Gasteiger partial charge is 0.0939 e. The summed E-state index contributed by atoms with van der Waals surface area (Å²) in [5, 5.41) is 0. The van der Waals surface area contributed by atoms with Crippen molar-refractivity contribution in [3.8, 4) is 0 Å². The van der Waals surface area contributed by atoms with E-state index in [2.05, 4.69) is 45.0 Å². The predicted octanol–water partition coefficient (Wildman–Crippen LogP) is 3.66. The Morgan fingerprint density at radius 1 is 1.27 bits per heavy atom. The van der Waals surface area contributed by atoms with E-state index in [9.17, 15) is 0 Å². The standard InChI is InChI=1S/C14H20O/c1-4-12-7-5-6-8-13(12)14(9-10-14)15-11(2)3/h5-8,11H,4,9-10H2,1-3H3. The van der Waals surface area contributed by atoms with E-state index in [1.807, 2.05) is 0 Å². The van der Waals surface area contributed by atoms with E-state index >= 15 is 0 Å². The maximum atomic E-state index is 6.08. The van der Waals surface area contributed by atoms with Crippen LogP contribution in [0, 0.1) is 0 Å². The van der Waals surface area contributed by atoms with Gasteiger partial charge in [0.05, 0.1) is 11.7 Å². The molecule has 0 atom stereocenters. The van der Waals surface area contributed by atoms with Gasteiger partial charge in [0.15, 0.2) is 0 Å². The highest BCUT2D eigenvalue weighted by molar-refractivity contribution is 5.36. The van der Waals surface area contributed by atoms with E-state index in [0.29, 0.717) is 6.10 Å². The molecule has 0 radical (unpaired) electrons. The molecule has 15 heavy (non-hydrogen) atoms. The molecule has 0 aliphatic heterocycles. The minimum absolute atomic E-state index is 0.0563. The van der Waals surface area contributed by atoms with Gasteiger partial charge in [-0.2, -0.15) is 0 Å². The molecule has 82 valence electrons. The van der Waals surface area contributed by atoms with Crippen molar-refractivity contribution in [3.63, 3.8) is 0 Å². The number of ether oxygens (including phenoxy) is 1. The highest BCUT2D eigenvalue weighted by Gasteiger charge is 2.47. The summed E-state index contributed by atoms with van der Waals surface area (Å²) in [6.45, 7) is 6.45. The number of rotatable bonds is 4. The molecule has 1 aliphatic rings. The first-order valence-corrected chi connectivity index (χ1v) is 5.94. The first kappa shape index (κ1) is 10.7. The van der Waals surface area contributed by atoms with Crippen molar-refractivity contribution in [3.05, 3.63) is 35.4 Å². The van der Waals surface area contributed by atoms with Crippen molar-refractivity contribution < 1.29 is 4.74 Å². The molecule has 1 aliphatic carbocycles. The van der Waals surface area contributed by atoms with Gasteiger partial charge in [-0.25, -0.2) is 0 Å². The van der Waals surface area contributed by atoms with Gasteiger partial charge in [-0.3, -0.25) is 0 Å². The molecule has 1 fully saturated rings. The molecule has 1 aromatic rings. The highest BCUT2D eigenvalue weighted by Crippen LogP contribution is 2.51. The maximum absolute atomic E-state index is 6.08. The molecule has 1 saturated carbocycles. The summed E-state index contributed by atoms with van der Waals surface area (Å²) >= 11 is 0. The van der Waals surface area contributed by atoms with Crippen molar-refractivity contribution in [2.75, 3.05) is 0 Å². The lowest BCUT2D eigenvalue weighted by atomic mass is 9.98. The summed E-state index contributed by atoms with van der Waals surface area (Å²) in [6.07, 6.45) is 3.78. The Hall–Kier alpha value is -0.820. The summed E-state index contributed by atoms with van der Waals surface area (Å²) < 4.78 is 6.08. The SMILES string of the molecule is CCc1ccccc1C1(OC(C)C)CC1. The largest absolute Gasteiger partial charge is 0.368 e. The quantitative estimate of drug-likeness (QED) is 0.727. The van der Waals surface area contributed by atoms with Crippen LogP contribution in [0.15, 0.2) is 24.3 Å². The molecule has 0 amide bonds. The fourth-order valence-corrected chi connectivity index (χ4v) is 2.29. The predicted molar refractivity (Wildman–Crippen MR) is 63.0 cm³/mol. The van der Waals surface area contributed by atoms with Gasteiger partial charge < -0.3 is 4.74 Å². The second kappa shape index (κ2) is 3.97. The molecule has 0 aromatic heterocycles. The summed E-state index contributed by atoms with van der Waals surface area (Å²) in [7, 11) is 0. The molecule has 2 rings (SSSR count). The molecule has 0 heterocycles. The Morgan fingerprint density at radius 2 is 1.93 bits per heavy atom. The van der Waals surface area contributed by atoms with Crippen LogP contribution in [0.5, 0.6) is 0 Å². The summed E-state index contributed by atoms with van der Waals surface area (Å²) in [5.41, 5.74) is 2.91. The van der Waals surface area contributed by atoms with E-state index in [1.54, 1.807) is 0 Å². The Morgan fingerprint density at radius 3 is 2.47 bits per heavy atom. The molecular formula is C14H20O. The van der Waals surface area contributed by atoms with Crippen molar-refractivity contribution >= 4 is 0 Å². The average molecular weight is 204 g/mol. The van der Waals surface area contributed by atoms with Gasteiger partial charge in [-0.1, -0.05) is 31.2 Å². The van der Waals surface area contributed by atoms with Crippen molar-refractivity contribution in [2.24, 2.45) is 0 Å². The molecule has 0 bridgehead atoms. The van der Waals surface area contributed by atoms with E-state index in [4.69, 9.17) is 4.74 Å². The topological polar surface area (TPSA) is 9.23 Å². The van der Waals surface area contributed by atoms with Crippen LogP contribution in [0.4, 0.5) is 0 Å². The van der Waals surface area contributed by atoms with Gasteiger partial charge in [0.25, 0.3) is 0 Å². The third kappa shape index (κ3) is 2.07. The van der Waals surface area contributed by atoms with E-state index in [0.717, 1.165) is 6.42 Å². The molecule has 1 nitrogen and oxygen atoms in total. The number of hydrogen-bond donors (Lipinski definition) is 0. The zero-order chi connectivity index (χ0) is 10.9. The summed E-state index contributed by atoms with van der Waals surface area (Å²) in [4.78, 5) is 0.